The van der Waals surface area contributed by atoms with Gasteiger partial charge in [0.2, 0.25) is 0 Å². The molecule has 0 saturated carbocycles. The molecule has 1 rings (SSSR count). The van der Waals surface area contributed by atoms with Crippen molar-refractivity contribution in [3.05, 3.63) is 35.2 Å². The first-order valence-electron chi connectivity index (χ1n) is 3.01. The zero-order valence-corrected chi connectivity index (χ0v) is 10.4. The topological polar surface area (TPSA) is 0 Å². The van der Waals surface area contributed by atoms with Gasteiger partial charge in [0.1, 0.15) is 0 Å². The molecule has 1 aromatic carbocycles. The monoisotopic (exact) mass is 320 g/mol. The van der Waals surface area contributed by atoms with E-state index in [2.05, 4.69) is 0 Å². The Balaban J connectivity index is 0.000000423. The molecule has 0 aliphatic carbocycles. The number of halogens is 8. The molecule has 0 unspecified atom stereocenters. The summed E-state index contributed by atoms with van der Waals surface area (Å²) in [6.07, 6.45) is 0. The van der Waals surface area contributed by atoms with Gasteiger partial charge in [-0.05, 0) is 0 Å². The van der Waals surface area contributed by atoms with Crippen LogP contribution < -0.4 is 0 Å². The van der Waals surface area contributed by atoms with Gasteiger partial charge in [0.25, 0.3) is 0 Å². The van der Waals surface area contributed by atoms with Gasteiger partial charge >= 0.3 is 42.6 Å². The normalized spacial score (nSPS) is 9.33. The molecule has 0 amide bonds. The van der Waals surface area contributed by atoms with Crippen LogP contribution in [0.1, 0.15) is 0 Å². The van der Waals surface area contributed by atoms with E-state index in [-0.39, 0.29) is 0 Å². The summed E-state index contributed by atoms with van der Waals surface area (Å²) in [7, 11) is 14.9. The third-order valence-electron chi connectivity index (χ3n) is 0.990. The van der Waals surface area contributed by atoms with Crippen LogP contribution in [0, 0.1) is 35.2 Å². The maximum atomic E-state index is 12.0. The maximum absolute atomic E-state index is 12.0. The SMILES string of the molecule is Fc1[c-]c(F)c(F)c(F)c1F.[Cl][Ti+]([Cl])[Cl]. The van der Waals surface area contributed by atoms with E-state index >= 15 is 0 Å². The average Bonchev–Trinajstić information content (AvgIpc) is 2.11. The van der Waals surface area contributed by atoms with Crippen LogP contribution in [0.4, 0.5) is 22.0 Å². The second kappa shape index (κ2) is 6.91. The van der Waals surface area contributed by atoms with Gasteiger partial charge in [-0.3, -0.25) is 8.78 Å². The molecule has 15 heavy (non-hydrogen) atoms. The van der Waals surface area contributed by atoms with Gasteiger partial charge < -0.3 is 0 Å². The molecule has 0 aromatic heterocycles. The van der Waals surface area contributed by atoms with E-state index in [1.165, 1.54) is 0 Å². The Hall–Kier alpha value is 0.454. The van der Waals surface area contributed by atoms with Crippen molar-refractivity contribution in [1.82, 2.24) is 0 Å². The standard InChI is InChI=1S/C6F5.3ClH.Ti/c7-2-1-3(8)5(10)6(11)4(2)9;;;;/h;3*1H;/q-1;;;;+4/p-3. The van der Waals surface area contributed by atoms with Crippen LogP contribution in [0.2, 0.25) is 0 Å². The summed E-state index contributed by atoms with van der Waals surface area (Å²) in [5.41, 5.74) is 0. The van der Waals surface area contributed by atoms with Crippen molar-refractivity contribution in [3.8, 4) is 0 Å². The Bertz CT molecular complexity index is 317. The molecule has 0 N–H and O–H groups in total. The predicted octanol–water partition coefficient (Wildman–Crippen LogP) is 4.25. The Kier molecular flexibility index (Phi) is 7.12. The van der Waals surface area contributed by atoms with E-state index in [4.69, 9.17) is 27.9 Å². The molecule has 0 nitrogen and oxygen atoms in total. The number of hydrogen-bond acceptors (Lipinski definition) is 0. The molecule has 0 aliphatic rings. The third kappa shape index (κ3) is 5.36. The fraction of sp³-hybridized carbons (Fsp3) is 0. The summed E-state index contributed by atoms with van der Waals surface area (Å²) >= 11 is -1.92. The van der Waals surface area contributed by atoms with E-state index in [0.717, 1.165) is 6.07 Å². The fourth-order valence-electron chi connectivity index (χ4n) is 0.495. The molecule has 0 saturated heterocycles. The fourth-order valence-corrected chi connectivity index (χ4v) is 0.495. The van der Waals surface area contributed by atoms with E-state index in [0.29, 0.717) is 0 Å². The summed E-state index contributed by atoms with van der Waals surface area (Å²) in [5, 5.41) is 0. The molecule has 0 heterocycles. The molecule has 0 fully saturated rings. The zero-order valence-electron chi connectivity index (χ0n) is 6.52. The number of benzene rings is 1. The summed E-state index contributed by atoms with van der Waals surface area (Å²) < 4.78 is 59.9. The van der Waals surface area contributed by atoms with Gasteiger partial charge in [-0.2, -0.15) is 0 Å². The first kappa shape index (κ1) is 15.5. The molecular weight excluding hydrogens is 321 g/mol. The van der Waals surface area contributed by atoms with Crippen LogP contribution in [0.15, 0.2) is 0 Å². The van der Waals surface area contributed by atoms with E-state index < -0.39 is 43.8 Å². The van der Waals surface area contributed by atoms with E-state index in [1.807, 2.05) is 0 Å². The van der Waals surface area contributed by atoms with Gasteiger partial charge in [0, 0.05) is 0 Å². The van der Waals surface area contributed by atoms with Crippen molar-refractivity contribution in [2.75, 3.05) is 0 Å². The van der Waals surface area contributed by atoms with Crippen LogP contribution in [0.3, 0.4) is 0 Å². The van der Waals surface area contributed by atoms with Gasteiger partial charge in [-0.1, -0.05) is 0 Å². The molecule has 84 valence electrons. The summed E-state index contributed by atoms with van der Waals surface area (Å²) in [4.78, 5) is 0. The van der Waals surface area contributed by atoms with Crippen molar-refractivity contribution < 1.29 is 36.6 Å². The van der Waals surface area contributed by atoms with Gasteiger partial charge in [0.15, 0.2) is 0 Å². The predicted molar refractivity (Wildman–Crippen MR) is 42.6 cm³/mol. The van der Waals surface area contributed by atoms with Crippen molar-refractivity contribution in [1.29, 1.82) is 0 Å². The third-order valence-corrected chi connectivity index (χ3v) is 0.990. The second-order valence-corrected chi connectivity index (χ2v) is 9.65. The minimum absolute atomic E-state index is 1.02. The van der Waals surface area contributed by atoms with Crippen molar-refractivity contribution >= 4 is 27.9 Å². The average molecular weight is 321 g/mol. The van der Waals surface area contributed by atoms with Gasteiger partial charge in [0.05, 0.1) is 29.1 Å². The quantitative estimate of drug-likeness (QED) is 0.220. The molecule has 0 spiro atoms. The van der Waals surface area contributed by atoms with E-state index in [1.54, 1.807) is 0 Å². The van der Waals surface area contributed by atoms with Crippen molar-refractivity contribution in [3.63, 3.8) is 0 Å². The first-order chi connectivity index (χ1) is 6.77. The van der Waals surface area contributed by atoms with Gasteiger partial charge in [-0.15, -0.1) is 6.07 Å². The number of hydrogen-bond donors (Lipinski definition) is 0. The Labute approximate surface area is 99.4 Å². The summed E-state index contributed by atoms with van der Waals surface area (Å²) in [6.45, 7) is 0. The minimum atomic E-state index is -2.17. The molecular formula is C6Cl3F5Ti. The zero-order chi connectivity index (χ0) is 12.2. The van der Waals surface area contributed by atoms with Crippen molar-refractivity contribution in [2.24, 2.45) is 0 Å². The second-order valence-electron chi connectivity index (χ2n) is 1.91. The molecule has 1 aromatic rings. The Morgan fingerprint density at radius 2 is 1.00 bits per heavy atom. The van der Waals surface area contributed by atoms with Crippen LogP contribution >= 0.6 is 27.9 Å². The first-order valence-corrected chi connectivity index (χ1v) is 9.46. The van der Waals surface area contributed by atoms with Crippen LogP contribution in [-0.4, -0.2) is 0 Å². The molecule has 0 bridgehead atoms. The molecule has 9 heteroatoms. The van der Waals surface area contributed by atoms with Gasteiger partial charge in [-0.25, -0.2) is 13.2 Å². The van der Waals surface area contributed by atoms with E-state index in [9.17, 15) is 22.0 Å². The Morgan fingerprint density at radius 3 is 1.27 bits per heavy atom. The van der Waals surface area contributed by atoms with Crippen molar-refractivity contribution in [2.45, 2.75) is 0 Å². The van der Waals surface area contributed by atoms with Crippen LogP contribution in [0.5, 0.6) is 0 Å². The van der Waals surface area contributed by atoms with Crippen LogP contribution in [-0.2, 0) is 14.7 Å². The molecule has 0 atom stereocenters. The summed E-state index contributed by atoms with van der Waals surface area (Å²) in [5.74, 6) is -10.0. The molecule has 0 radical (unpaired) electrons. The Morgan fingerprint density at radius 1 is 0.733 bits per heavy atom. The summed E-state index contributed by atoms with van der Waals surface area (Å²) in [6, 6.07) is 1.02. The number of rotatable bonds is 0. The van der Waals surface area contributed by atoms with Crippen LogP contribution in [0.25, 0.3) is 0 Å². The molecule has 0 aliphatic heterocycles.